The molecule has 2 aromatic rings. The van der Waals surface area contributed by atoms with E-state index in [1.54, 1.807) is 10.9 Å². The van der Waals surface area contributed by atoms with Crippen LogP contribution in [0.4, 0.5) is 5.69 Å². The molecule has 1 aromatic heterocycles. The molecular formula is C13H14IN3O. The van der Waals surface area contributed by atoms with E-state index in [2.05, 4.69) is 33.0 Å². The molecule has 94 valence electrons. The lowest BCUT2D eigenvalue weighted by Gasteiger charge is -2.06. The average molecular weight is 355 g/mol. The molecule has 1 N–H and O–H groups in total. The number of amides is 1. The molecule has 1 aromatic carbocycles. The van der Waals surface area contributed by atoms with Crippen LogP contribution >= 0.6 is 22.6 Å². The quantitative estimate of drug-likeness (QED) is 0.861. The molecule has 0 spiro atoms. The van der Waals surface area contributed by atoms with Gasteiger partial charge in [0.15, 0.2) is 0 Å². The zero-order valence-electron chi connectivity index (χ0n) is 10.3. The van der Waals surface area contributed by atoms with Gasteiger partial charge in [-0.3, -0.25) is 9.48 Å². The Labute approximate surface area is 120 Å². The van der Waals surface area contributed by atoms with Crippen molar-refractivity contribution in [1.29, 1.82) is 0 Å². The number of rotatable bonds is 3. The first-order chi connectivity index (χ1) is 8.61. The van der Waals surface area contributed by atoms with Crippen LogP contribution in [0.3, 0.4) is 0 Å². The van der Waals surface area contributed by atoms with Gasteiger partial charge in [-0.2, -0.15) is 5.10 Å². The van der Waals surface area contributed by atoms with Crippen molar-refractivity contribution in [2.45, 2.75) is 13.3 Å². The normalized spacial score (nSPS) is 10.4. The van der Waals surface area contributed by atoms with Crippen molar-refractivity contribution in [2.75, 3.05) is 5.32 Å². The van der Waals surface area contributed by atoms with Gasteiger partial charge in [-0.25, -0.2) is 0 Å². The molecule has 0 fully saturated rings. The van der Waals surface area contributed by atoms with Gasteiger partial charge in [0.05, 0.1) is 16.9 Å². The maximum atomic E-state index is 12.2. The summed E-state index contributed by atoms with van der Waals surface area (Å²) in [6.45, 7) is 1.99. The first-order valence-electron chi connectivity index (χ1n) is 5.70. The molecule has 4 nitrogen and oxygen atoms in total. The van der Waals surface area contributed by atoms with Crippen LogP contribution < -0.4 is 5.32 Å². The number of carbonyl (C=O) groups excluding carboxylic acids is 1. The number of nitrogens with one attached hydrogen (secondary N) is 1. The van der Waals surface area contributed by atoms with E-state index in [4.69, 9.17) is 0 Å². The van der Waals surface area contributed by atoms with E-state index in [0.29, 0.717) is 5.56 Å². The Morgan fingerprint density at radius 1 is 1.44 bits per heavy atom. The average Bonchev–Trinajstić information content (AvgIpc) is 2.73. The second kappa shape index (κ2) is 5.51. The molecule has 0 unspecified atom stereocenters. The number of aryl methyl sites for hydroxylation is 2. The highest BCUT2D eigenvalue weighted by Crippen LogP contribution is 2.18. The fraction of sp³-hybridized carbons (Fsp3) is 0.231. The van der Waals surface area contributed by atoms with Crippen molar-refractivity contribution in [3.8, 4) is 0 Å². The number of anilines is 1. The summed E-state index contributed by atoms with van der Waals surface area (Å²) in [4.78, 5) is 12.2. The largest absolute Gasteiger partial charge is 0.321 e. The summed E-state index contributed by atoms with van der Waals surface area (Å²) < 4.78 is 2.69. The standard InChI is InChI=1S/C13H14IN3O/c1-3-11-9(8-17(2)16-11)13(18)15-12-7-5-4-6-10(12)14/h4-8H,3H2,1-2H3,(H,15,18). The van der Waals surface area contributed by atoms with Crippen molar-refractivity contribution >= 4 is 34.2 Å². The van der Waals surface area contributed by atoms with Crippen molar-refractivity contribution < 1.29 is 4.79 Å². The van der Waals surface area contributed by atoms with Gasteiger partial charge in [-0.15, -0.1) is 0 Å². The molecule has 0 atom stereocenters. The Hall–Kier alpha value is -1.37. The predicted octanol–water partition coefficient (Wildman–Crippen LogP) is 2.84. The minimum absolute atomic E-state index is 0.107. The first-order valence-corrected chi connectivity index (χ1v) is 6.78. The van der Waals surface area contributed by atoms with Gasteiger partial charge in [0.25, 0.3) is 5.91 Å². The zero-order valence-corrected chi connectivity index (χ0v) is 12.4. The van der Waals surface area contributed by atoms with Crippen LogP contribution in [0.5, 0.6) is 0 Å². The Morgan fingerprint density at radius 3 is 2.83 bits per heavy atom. The summed E-state index contributed by atoms with van der Waals surface area (Å²) in [6.07, 6.45) is 2.50. The number of halogens is 1. The summed E-state index contributed by atoms with van der Waals surface area (Å²) in [7, 11) is 1.82. The number of hydrogen-bond donors (Lipinski definition) is 1. The number of hydrogen-bond acceptors (Lipinski definition) is 2. The van der Waals surface area contributed by atoms with Gasteiger partial charge in [0, 0.05) is 16.8 Å². The fourth-order valence-corrected chi connectivity index (χ4v) is 2.26. The summed E-state index contributed by atoms with van der Waals surface area (Å²) in [5, 5.41) is 7.18. The highest BCUT2D eigenvalue weighted by molar-refractivity contribution is 14.1. The molecule has 5 heteroatoms. The molecular weight excluding hydrogens is 341 g/mol. The molecule has 2 rings (SSSR count). The Kier molecular flexibility index (Phi) is 4.00. The minimum atomic E-state index is -0.107. The maximum absolute atomic E-state index is 12.2. The number of benzene rings is 1. The predicted molar refractivity (Wildman–Crippen MR) is 79.7 cm³/mol. The molecule has 0 saturated carbocycles. The van der Waals surface area contributed by atoms with E-state index in [1.165, 1.54) is 0 Å². The molecule has 0 radical (unpaired) electrons. The SMILES string of the molecule is CCc1nn(C)cc1C(=O)Nc1ccccc1I. The van der Waals surface area contributed by atoms with Gasteiger partial charge in [-0.05, 0) is 41.1 Å². The van der Waals surface area contributed by atoms with E-state index in [-0.39, 0.29) is 5.91 Å². The molecule has 0 saturated heterocycles. The smallest absolute Gasteiger partial charge is 0.259 e. The number of para-hydroxylation sites is 1. The monoisotopic (exact) mass is 355 g/mol. The molecule has 0 aliphatic heterocycles. The van der Waals surface area contributed by atoms with Crippen molar-refractivity contribution in [1.82, 2.24) is 9.78 Å². The molecule has 18 heavy (non-hydrogen) atoms. The number of carbonyl (C=O) groups is 1. The van der Waals surface area contributed by atoms with E-state index in [9.17, 15) is 4.79 Å². The van der Waals surface area contributed by atoms with E-state index in [0.717, 1.165) is 21.4 Å². The van der Waals surface area contributed by atoms with Crippen LogP contribution in [-0.2, 0) is 13.5 Å². The van der Waals surface area contributed by atoms with Gasteiger partial charge in [-0.1, -0.05) is 19.1 Å². The fourth-order valence-electron chi connectivity index (χ4n) is 1.74. The maximum Gasteiger partial charge on any atom is 0.259 e. The highest BCUT2D eigenvalue weighted by Gasteiger charge is 2.15. The molecule has 1 amide bonds. The topological polar surface area (TPSA) is 46.9 Å². The van der Waals surface area contributed by atoms with Crippen molar-refractivity contribution in [2.24, 2.45) is 7.05 Å². The number of nitrogens with zero attached hydrogens (tertiary/aromatic N) is 2. The van der Waals surface area contributed by atoms with Gasteiger partial charge in [0.2, 0.25) is 0 Å². The first kappa shape index (κ1) is 13.1. The highest BCUT2D eigenvalue weighted by atomic mass is 127. The lowest BCUT2D eigenvalue weighted by atomic mass is 10.2. The van der Waals surface area contributed by atoms with Crippen LogP contribution in [0.25, 0.3) is 0 Å². The Bertz CT molecular complexity index is 577. The van der Waals surface area contributed by atoms with Crippen LogP contribution in [-0.4, -0.2) is 15.7 Å². The Balaban J connectivity index is 2.25. The van der Waals surface area contributed by atoms with E-state index >= 15 is 0 Å². The second-order valence-corrected chi connectivity index (χ2v) is 5.11. The van der Waals surface area contributed by atoms with E-state index in [1.807, 2.05) is 38.2 Å². The molecule has 0 aliphatic carbocycles. The summed E-state index contributed by atoms with van der Waals surface area (Å²) in [5.74, 6) is -0.107. The third kappa shape index (κ3) is 2.72. The van der Waals surface area contributed by atoms with Crippen LogP contribution in [0.1, 0.15) is 23.0 Å². The zero-order chi connectivity index (χ0) is 13.1. The Morgan fingerprint density at radius 2 is 2.17 bits per heavy atom. The van der Waals surface area contributed by atoms with E-state index < -0.39 is 0 Å². The van der Waals surface area contributed by atoms with Gasteiger partial charge >= 0.3 is 0 Å². The third-order valence-corrected chi connectivity index (χ3v) is 3.55. The minimum Gasteiger partial charge on any atom is -0.321 e. The molecule has 0 bridgehead atoms. The lowest BCUT2D eigenvalue weighted by molar-refractivity contribution is 0.102. The summed E-state index contributed by atoms with van der Waals surface area (Å²) in [5.41, 5.74) is 2.29. The molecule has 1 heterocycles. The van der Waals surface area contributed by atoms with Crippen LogP contribution in [0.15, 0.2) is 30.5 Å². The van der Waals surface area contributed by atoms with Crippen molar-refractivity contribution in [3.63, 3.8) is 0 Å². The lowest BCUT2D eigenvalue weighted by Crippen LogP contribution is -2.13. The van der Waals surface area contributed by atoms with Gasteiger partial charge < -0.3 is 5.32 Å². The molecule has 0 aliphatic rings. The van der Waals surface area contributed by atoms with Gasteiger partial charge in [0.1, 0.15) is 0 Å². The van der Waals surface area contributed by atoms with Crippen LogP contribution in [0, 0.1) is 3.57 Å². The summed E-state index contributed by atoms with van der Waals surface area (Å²) in [6, 6.07) is 7.70. The van der Waals surface area contributed by atoms with Crippen molar-refractivity contribution in [3.05, 3.63) is 45.3 Å². The van der Waals surface area contributed by atoms with Crippen LogP contribution in [0.2, 0.25) is 0 Å². The summed E-state index contributed by atoms with van der Waals surface area (Å²) >= 11 is 2.20. The second-order valence-electron chi connectivity index (χ2n) is 3.95. The number of aromatic nitrogens is 2. The third-order valence-electron chi connectivity index (χ3n) is 2.61.